The molecule has 4 rings (SSSR count). The van der Waals surface area contributed by atoms with Gasteiger partial charge in [-0.1, -0.05) is 36.4 Å². The minimum absolute atomic E-state index is 0.0558. The molecule has 1 amide bonds. The molecule has 0 unspecified atom stereocenters. The van der Waals surface area contributed by atoms with E-state index in [4.69, 9.17) is 23.2 Å². The average Bonchev–Trinajstić information content (AvgIpc) is 2.99. The van der Waals surface area contributed by atoms with Gasteiger partial charge in [0.05, 0.1) is 5.41 Å². The van der Waals surface area contributed by atoms with Gasteiger partial charge in [0, 0.05) is 34.9 Å². The van der Waals surface area contributed by atoms with Crippen molar-refractivity contribution < 1.29 is 4.79 Å². The second-order valence-corrected chi connectivity index (χ2v) is 8.49. The molecule has 1 heterocycles. The lowest BCUT2D eigenvalue weighted by molar-refractivity contribution is -0.125. The van der Waals surface area contributed by atoms with Crippen molar-refractivity contribution in [2.45, 2.75) is 30.6 Å². The lowest BCUT2D eigenvalue weighted by Gasteiger charge is -2.13. The monoisotopic (exact) mass is 374 g/mol. The lowest BCUT2D eigenvalue weighted by atomic mass is 10.1. The van der Waals surface area contributed by atoms with Gasteiger partial charge in [0.25, 0.3) is 0 Å². The van der Waals surface area contributed by atoms with Crippen LogP contribution in [0.5, 0.6) is 0 Å². The van der Waals surface area contributed by atoms with Crippen LogP contribution in [0.1, 0.15) is 19.8 Å². The third-order valence-electron chi connectivity index (χ3n) is 5.28. The molecule has 3 aromatic rings. The minimum atomic E-state index is -0.913. The van der Waals surface area contributed by atoms with Crippen LogP contribution in [0, 0.1) is 5.41 Å². The van der Waals surface area contributed by atoms with E-state index in [1.807, 2.05) is 6.92 Å². The van der Waals surface area contributed by atoms with E-state index >= 15 is 0 Å². The van der Waals surface area contributed by atoms with Gasteiger partial charge in [-0.25, -0.2) is 0 Å². The summed E-state index contributed by atoms with van der Waals surface area (Å²) in [5.41, 5.74) is 1.80. The van der Waals surface area contributed by atoms with Crippen molar-refractivity contribution in [1.29, 1.82) is 0 Å². The first-order valence-electron chi connectivity index (χ1n) is 8.56. The maximum atomic E-state index is 12.2. The van der Waals surface area contributed by atoms with Crippen LogP contribution in [-0.4, -0.2) is 21.4 Å². The number of halogens is 2. The maximum Gasteiger partial charge on any atom is 0.229 e. The van der Waals surface area contributed by atoms with Gasteiger partial charge < -0.3 is 9.88 Å². The standard InChI is InChI=1S/C20H20Cl2N2O/c1-19(13-20(19,21)22)18(25)23-11-6-12-24-16-9-4-2-7-14(16)15-8-3-5-10-17(15)24/h2-5,7-10H,6,11-13H2,1H3,(H,23,25)/t19-/m1/s1. The molecule has 3 nitrogen and oxygen atoms in total. The first-order chi connectivity index (χ1) is 11.9. The number of amides is 1. The number of rotatable bonds is 5. The molecular formula is C20H20Cl2N2O. The van der Waals surface area contributed by atoms with Crippen molar-refractivity contribution in [2.75, 3.05) is 6.54 Å². The number of para-hydroxylation sites is 2. The van der Waals surface area contributed by atoms with Crippen molar-refractivity contribution in [1.82, 2.24) is 9.88 Å². The summed E-state index contributed by atoms with van der Waals surface area (Å²) in [5, 5.41) is 5.51. The van der Waals surface area contributed by atoms with Crippen molar-refractivity contribution in [3.63, 3.8) is 0 Å². The normalized spacial score (nSPS) is 21.6. The zero-order chi connectivity index (χ0) is 17.7. The highest BCUT2D eigenvalue weighted by Gasteiger charge is 2.67. The number of aryl methyl sites for hydroxylation is 1. The molecule has 1 fully saturated rings. The molecule has 2 aromatic carbocycles. The Kier molecular flexibility index (Phi) is 3.97. The summed E-state index contributed by atoms with van der Waals surface area (Å²) in [7, 11) is 0. The molecule has 1 aromatic heterocycles. The Bertz CT molecular complexity index is 909. The minimum Gasteiger partial charge on any atom is -0.355 e. The summed E-state index contributed by atoms with van der Waals surface area (Å²) in [6, 6.07) is 16.9. The number of carbonyl (C=O) groups excluding carboxylic acids is 1. The summed E-state index contributed by atoms with van der Waals surface area (Å²) in [6.07, 6.45) is 1.36. The first kappa shape index (κ1) is 16.7. The summed E-state index contributed by atoms with van der Waals surface area (Å²) in [6.45, 7) is 3.27. The number of alkyl halides is 2. The third kappa shape index (κ3) is 2.70. The van der Waals surface area contributed by atoms with Crippen LogP contribution in [0.15, 0.2) is 48.5 Å². The van der Waals surface area contributed by atoms with Gasteiger partial charge in [-0.2, -0.15) is 0 Å². The molecule has 0 bridgehead atoms. The molecule has 25 heavy (non-hydrogen) atoms. The molecule has 5 heteroatoms. The van der Waals surface area contributed by atoms with Crippen LogP contribution in [0.3, 0.4) is 0 Å². The lowest BCUT2D eigenvalue weighted by Crippen LogP contribution is -2.34. The predicted octanol–water partition coefficient (Wildman–Crippen LogP) is 4.88. The highest BCUT2D eigenvalue weighted by atomic mass is 35.5. The van der Waals surface area contributed by atoms with Crippen LogP contribution in [-0.2, 0) is 11.3 Å². The predicted molar refractivity (Wildman–Crippen MR) is 104 cm³/mol. The quantitative estimate of drug-likeness (QED) is 0.500. The molecule has 0 saturated heterocycles. The number of aromatic nitrogens is 1. The van der Waals surface area contributed by atoms with E-state index in [2.05, 4.69) is 58.4 Å². The zero-order valence-corrected chi connectivity index (χ0v) is 15.6. The Hall–Kier alpha value is -1.71. The van der Waals surface area contributed by atoms with Gasteiger partial charge in [-0.3, -0.25) is 4.79 Å². The van der Waals surface area contributed by atoms with E-state index in [0.717, 1.165) is 13.0 Å². The molecule has 0 radical (unpaired) electrons. The fourth-order valence-electron chi connectivity index (χ4n) is 3.52. The maximum absolute atomic E-state index is 12.2. The average molecular weight is 375 g/mol. The van der Waals surface area contributed by atoms with E-state index in [1.54, 1.807) is 0 Å². The second-order valence-electron chi connectivity index (χ2n) is 7.01. The van der Waals surface area contributed by atoms with Crippen LogP contribution < -0.4 is 5.32 Å². The number of benzene rings is 2. The highest BCUT2D eigenvalue weighted by molar-refractivity contribution is 6.53. The molecular weight excluding hydrogens is 355 g/mol. The molecule has 1 saturated carbocycles. The number of carbonyl (C=O) groups is 1. The fourth-order valence-corrected chi connectivity index (χ4v) is 4.23. The number of nitrogens with zero attached hydrogens (tertiary/aromatic N) is 1. The molecule has 0 aliphatic heterocycles. The van der Waals surface area contributed by atoms with Crippen LogP contribution >= 0.6 is 23.2 Å². The van der Waals surface area contributed by atoms with Crippen molar-refractivity contribution in [3.8, 4) is 0 Å². The van der Waals surface area contributed by atoms with E-state index < -0.39 is 9.75 Å². The largest absolute Gasteiger partial charge is 0.355 e. The Labute approximate surface area is 156 Å². The molecule has 130 valence electrons. The molecule has 1 aliphatic rings. The number of hydrogen-bond acceptors (Lipinski definition) is 1. The van der Waals surface area contributed by atoms with Crippen LogP contribution in [0.4, 0.5) is 0 Å². The van der Waals surface area contributed by atoms with Crippen molar-refractivity contribution >= 4 is 50.9 Å². The molecule has 1 N–H and O–H groups in total. The number of hydrogen-bond donors (Lipinski definition) is 1. The van der Waals surface area contributed by atoms with Crippen molar-refractivity contribution in [3.05, 3.63) is 48.5 Å². The Morgan fingerprint density at radius 3 is 2.12 bits per heavy atom. The summed E-state index contributed by atoms with van der Waals surface area (Å²) >= 11 is 12.1. The van der Waals surface area contributed by atoms with E-state index in [0.29, 0.717) is 13.0 Å². The first-order valence-corrected chi connectivity index (χ1v) is 9.32. The number of nitrogens with one attached hydrogen (secondary N) is 1. The second kappa shape index (κ2) is 5.93. The zero-order valence-electron chi connectivity index (χ0n) is 14.1. The number of fused-ring (bicyclic) bond motifs is 3. The topological polar surface area (TPSA) is 34.0 Å². The fraction of sp³-hybridized carbons (Fsp3) is 0.350. The van der Waals surface area contributed by atoms with Gasteiger partial charge in [0.2, 0.25) is 5.91 Å². The van der Waals surface area contributed by atoms with E-state index in [9.17, 15) is 4.79 Å². The highest BCUT2D eigenvalue weighted by Crippen LogP contribution is 2.63. The summed E-state index contributed by atoms with van der Waals surface area (Å²) in [5.74, 6) is -0.0558. The van der Waals surface area contributed by atoms with Crippen molar-refractivity contribution in [2.24, 2.45) is 5.41 Å². The van der Waals surface area contributed by atoms with Gasteiger partial charge >= 0.3 is 0 Å². The summed E-state index contributed by atoms with van der Waals surface area (Å²) < 4.78 is 1.41. The Morgan fingerprint density at radius 1 is 1.08 bits per heavy atom. The summed E-state index contributed by atoms with van der Waals surface area (Å²) in [4.78, 5) is 12.2. The SMILES string of the molecule is C[C@]1(C(=O)NCCCn2c3ccccc3c3ccccc32)CC1(Cl)Cl. The molecule has 1 aliphatic carbocycles. The molecule has 0 spiro atoms. The van der Waals surface area contributed by atoms with E-state index in [-0.39, 0.29) is 5.91 Å². The van der Waals surface area contributed by atoms with Gasteiger partial charge in [-0.05, 0) is 31.9 Å². The Balaban J connectivity index is 1.47. The smallest absolute Gasteiger partial charge is 0.229 e. The van der Waals surface area contributed by atoms with Gasteiger partial charge in [-0.15, -0.1) is 23.2 Å². The van der Waals surface area contributed by atoms with Crippen LogP contribution in [0.25, 0.3) is 21.8 Å². The Morgan fingerprint density at radius 2 is 1.60 bits per heavy atom. The van der Waals surface area contributed by atoms with Crippen LogP contribution in [0.2, 0.25) is 0 Å². The van der Waals surface area contributed by atoms with Gasteiger partial charge in [0.15, 0.2) is 0 Å². The third-order valence-corrected chi connectivity index (χ3v) is 6.38. The van der Waals surface area contributed by atoms with E-state index in [1.165, 1.54) is 21.8 Å². The van der Waals surface area contributed by atoms with Gasteiger partial charge in [0.1, 0.15) is 4.33 Å². The molecule has 1 atom stereocenters.